The molecule has 1 aliphatic rings. The fraction of sp³-hybridized carbons (Fsp3) is 0.238. The zero-order chi connectivity index (χ0) is 20.2. The van der Waals surface area contributed by atoms with Crippen LogP contribution in [0, 0.1) is 5.82 Å². The third kappa shape index (κ3) is 4.48. The van der Waals surface area contributed by atoms with Crippen molar-refractivity contribution in [2.75, 3.05) is 6.61 Å². The Labute approximate surface area is 166 Å². The number of rotatable bonds is 7. The number of halogens is 1. The van der Waals surface area contributed by atoms with E-state index in [0.29, 0.717) is 22.6 Å². The maximum atomic E-state index is 13.9. The van der Waals surface area contributed by atoms with E-state index in [1.807, 2.05) is 0 Å². The van der Waals surface area contributed by atoms with Gasteiger partial charge in [-0.2, -0.15) is 0 Å². The molecule has 0 unspecified atom stereocenters. The van der Waals surface area contributed by atoms with Gasteiger partial charge in [-0.1, -0.05) is 18.2 Å². The molecule has 1 aromatic heterocycles. The second kappa shape index (κ2) is 8.22. The molecule has 1 amide bonds. The van der Waals surface area contributed by atoms with Gasteiger partial charge in [0.1, 0.15) is 5.82 Å². The van der Waals surface area contributed by atoms with Gasteiger partial charge in [-0.3, -0.25) is 4.79 Å². The number of carbonyl (C=O) groups is 2. The van der Waals surface area contributed by atoms with E-state index in [-0.39, 0.29) is 24.3 Å². The highest BCUT2D eigenvalue weighted by atomic mass is 19.1. The lowest BCUT2D eigenvalue weighted by Crippen LogP contribution is -2.36. The number of hydrogen-bond donors (Lipinski definition) is 0. The van der Waals surface area contributed by atoms with Crippen LogP contribution in [-0.4, -0.2) is 39.6 Å². The van der Waals surface area contributed by atoms with Crippen molar-refractivity contribution >= 4 is 11.9 Å². The Hall–Kier alpha value is -3.55. The summed E-state index contributed by atoms with van der Waals surface area (Å²) in [6.45, 7) is -0.234. The topological polar surface area (TPSA) is 85.5 Å². The summed E-state index contributed by atoms with van der Waals surface area (Å²) >= 11 is 0. The molecule has 0 atom stereocenters. The standard InChI is InChI=1S/C21H18FN3O4/c22-18-4-2-1-3-16(18)11-25(17-9-10-17)19(26)12-28-21(27)15-7-5-14(6-8-15)20-24-23-13-29-20/h1-8,13,17H,9-12H2. The lowest BCUT2D eigenvalue weighted by molar-refractivity contribution is -0.135. The predicted molar refractivity (Wildman–Crippen MR) is 100.0 cm³/mol. The number of aromatic nitrogens is 2. The first-order valence-electron chi connectivity index (χ1n) is 9.18. The summed E-state index contributed by atoms with van der Waals surface area (Å²) in [7, 11) is 0. The van der Waals surface area contributed by atoms with Crippen molar-refractivity contribution in [1.29, 1.82) is 0 Å². The number of hydrogen-bond acceptors (Lipinski definition) is 6. The third-order valence-corrected chi connectivity index (χ3v) is 4.66. The Kier molecular flexibility index (Phi) is 5.33. The molecule has 0 bridgehead atoms. The van der Waals surface area contributed by atoms with Crippen molar-refractivity contribution in [2.24, 2.45) is 0 Å². The van der Waals surface area contributed by atoms with E-state index in [9.17, 15) is 14.0 Å². The molecule has 0 saturated heterocycles. The molecule has 1 fully saturated rings. The van der Waals surface area contributed by atoms with Crippen LogP contribution in [0.4, 0.5) is 4.39 Å². The summed E-state index contributed by atoms with van der Waals surface area (Å²) in [6, 6.07) is 12.8. The van der Waals surface area contributed by atoms with E-state index in [0.717, 1.165) is 12.8 Å². The molecule has 1 saturated carbocycles. The van der Waals surface area contributed by atoms with Crippen LogP contribution in [-0.2, 0) is 16.1 Å². The molecule has 148 valence electrons. The van der Waals surface area contributed by atoms with Gasteiger partial charge in [-0.05, 0) is 43.2 Å². The predicted octanol–water partition coefficient (Wildman–Crippen LogP) is 3.22. The molecular formula is C21H18FN3O4. The Morgan fingerprint density at radius 2 is 1.90 bits per heavy atom. The van der Waals surface area contributed by atoms with Crippen LogP contribution in [0.15, 0.2) is 59.3 Å². The van der Waals surface area contributed by atoms with Gasteiger partial charge in [0.15, 0.2) is 6.61 Å². The van der Waals surface area contributed by atoms with E-state index in [1.54, 1.807) is 47.4 Å². The molecule has 2 aromatic carbocycles. The molecular weight excluding hydrogens is 377 g/mol. The van der Waals surface area contributed by atoms with Gasteiger partial charge >= 0.3 is 5.97 Å². The van der Waals surface area contributed by atoms with Crippen LogP contribution in [0.2, 0.25) is 0 Å². The summed E-state index contributed by atoms with van der Waals surface area (Å²) < 4.78 is 24.2. The Morgan fingerprint density at radius 3 is 2.55 bits per heavy atom. The lowest BCUT2D eigenvalue weighted by Gasteiger charge is -2.22. The van der Waals surface area contributed by atoms with Crippen molar-refractivity contribution in [2.45, 2.75) is 25.4 Å². The van der Waals surface area contributed by atoms with E-state index in [2.05, 4.69) is 10.2 Å². The first kappa shape index (κ1) is 18.8. The SMILES string of the molecule is O=C(OCC(=O)N(Cc1ccccc1F)C1CC1)c1ccc(-c2nnco2)cc1. The summed E-state index contributed by atoms with van der Waals surface area (Å²) in [5.41, 5.74) is 1.41. The van der Waals surface area contributed by atoms with Gasteiger partial charge in [-0.15, -0.1) is 10.2 Å². The molecule has 1 aliphatic carbocycles. The molecule has 8 heteroatoms. The summed E-state index contributed by atoms with van der Waals surface area (Å²) in [5.74, 6) is -0.971. The molecule has 0 radical (unpaired) electrons. The fourth-order valence-corrected chi connectivity index (χ4v) is 2.96. The van der Waals surface area contributed by atoms with Gasteiger partial charge in [0.2, 0.25) is 12.3 Å². The van der Waals surface area contributed by atoms with Crippen molar-refractivity contribution in [3.63, 3.8) is 0 Å². The molecule has 29 heavy (non-hydrogen) atoms. The maximum absolute atomic E-state index is 13.9. The van der Waals surface area contributed by atoms with Crippen molar-refractivity contribution in [3.05, 3.63) is 71.9 Å². The first-order chi connectivity index (χ1) is 14.1. The Bertz CT molecular complexity index is 1000. The van der Waals surface area contributed by atoms with E-state index in [1.165, 1.54) is 12.5 Å². The maximum Gasteiger partial charge on any atom is 0.338 e. The van der Waals surface area contributed by atoms with Crippen LogP contribution in [0.1, 0.15) is 28.8 Å². The number of benzene rings is 2. The number of amides is 1. The molecule has 0 spiro atoms. The van der Waals surface area contributed by atoms with Crippen LogP contribution in [0.5, 0.6) is 0 Å². The highest BCUT2D eigenvalue weighted by Crippen LogP contribution is 2.29. The molecule has 0 N–H and O–H groups in total. The van der Waals surface area contributed by atoms with Crippen molar-refractivity contribution in [3.8, 4) is 11.5 Å². The molecule has 3 aromatic rings. The van der Waals surface area contributed by atoms with Crippen LogP contribution in [0.3, 0.4) is 0 Å². The zero-order valence-corrected chi connectivity index (χ0v) is 15.5. The highest BCUT2D eigenvalue weighted by Gasteiger charge is 2.33. The largest absolute Gasteiger partial charge is 0.452 e. The fourth-order valence-electron chi connectivity index (χ4n) is 2.96. The minimum absolute atomic E-state index is 0.0643. The minimum Gasteiger partial charge on any atom is -0.452 e. The molecule has 1 heterocycles. The average Bonchev–Trinajstić information content (AvgIpc) is 3.43. The van der Waals surface area contributed by atoms with Crippen molar-refractivity contribution in [1.82, 2.24) is 15.1 Å². The minimum atomic E-state index is -0.614. The molecule has 7 nitrogen and oxygen atoms in total. The van der Waals surface area contributed by atoms with E-state index < -0.39 is 12.6 Å². The quantitative estimate of drug-likeness (QED) is 0.571. The third-order valence-electron chi connectivity index (χ3n) is 4.66. The second-order valence-corrected chi connectivity index (χ2v) is 6.74. The highest BCUT2D eigenvalue weighted by molar-refractivity contribution is 5.91. The second-order valence-electron chi connectivity index (χ2n) is 6.74. The average molecular weight is 395 g/mol. The van der Waals surface area contributed by atoms with Gasteiger partial charge in [-0.25, -0.2) is 9.18 Å². The van der Waals surface area contributed by atoms with Gasteiger partial charge in [0, 0.05) is 23.7 Å². The number of carbonyl (C=O) groups excluding carboxylic acids is 2. The Balaban J connectivity index is 1.36. The smallest absolute Gasteiger partial charge is 0.338 e. The van der Waals surface area contributed by atoms with E-state index >= 15 is 0 Å². The number of esters is 1. The molecule has 4 rings (SSSR count). The van der Waals surface area contributed by atoms with Crippen LogP contribution < -0.4 is 0 Å². The first-order valence-corrected chi connectivity index (χ1v) is 9.18. The van der Waals surface area contributed by atoms with Crippen molar-refractivity contribution < 1.29 is 23.1 Å². The van der Waals surface area contributed by atoms with Gasteiger partial charge < -0.3 is 14.1 Å². The summed E-state index contributed by atoms with van der Waals surface area (Å²) in [5, 5.41) is 7.40. The van der Waals surface area contributed by atoms with E-state index in [4.69, 9.17) is 9.15 Å². The lowest BCUT2D eigenvalue weighted by atomic mass is 10.1. The zero-order valence-electron chi connectivity index (χ0n) is 15.5. The monoisotopic (exact) mass is 395 g/mol. The summed E-state index contributed by atoms with van der Waals surface area (Å²) in [4.78, 5) is 26.4. The van der Waals surface area contributed by atoms with Crippen LogP contribution >= 0.6 is 0 Å². The Morgan fingerprint density at radius 1 is 1.14 bits per heavy atom. The molecule has 0 aliphatic heterocycles. The number of ether oxygens (including phenoxy) is 1. The van der Waals surface area contributed by atoms with Gasteiger partial charge in [0.05, 0.1) is 5.56 Å². The van der Waals surface area contributed by atoms with Crippen LogP contribution in [0.25, 0.3) is 11.5 Å². The number of nitrogens with zero attached hydrogens (tertiary/aromatic N) is 3. The normalized spacial score (nSPS) is 13.1. The van der Waals surface area contributed by atoms with Gasteiger partial charge in [0.25, 0.3) is 5.91 Å². The summed E-state index contributed by atoms with van der Waals surface area (Å²) in [6.07, 6.45) is 2.95.